The molecule has 0 fully saturated rings. The molecule has 0 saturated heterocycles. The molecule has 0 N–H and O–H groups in total. The smallest absolute Gasteiger partial charge is 0.235 e. The molecule has 59 heavy (non-hydrogen) atoms. The van der Waals surface area contributed by atoms with Gasteiger partial charge in [-0.2, -0.15) is 0 Å². The van der Waals surface area contributed by atoms with E-state index in [0.29, 0.717) is 5.95 Å². The van der Waals surface area contributed by atoms with E-state index in [-0.39, 0.29) is 0 Å². The lowest BCUT2D eigenvalue weighted by atomic mass is 9.91. The molecule has 0 amide bonds. The molecule has 5 heterocycles. The number of benzene rings is 9. The summed E-state index contributed by atoms with van der Waals surface area (Å²) in [7, 11) is 0. The highest BCUT2D eigenvalue weighted by atomic mass is 32.1. The van der Waals surface area contributed by atoms with Crippen LogP contribution in [0.2, 0.25) is 0 Å². The van der Waals surface area contributed by atoms with Crippen LogP contribution >= 0.6 is 11.3 Å². The minimum atomic E-state index is 0.660. The number of hydrogen-bond donors (Lipinski definition) is 0. The molecule has 1 aliphatic heterocycles. The largest absolute Gasteiger partial charge is 0.308 e. The maximum atomic E-state index is 5.75. The topological polar surface area (TPSA) is 35.6 Å². The maximum Gasteiger partial charge on any atom is 0.235 e. The fourth-order valence-corrected chi connectivity index (χ4v) is 11.5. The van der Waals surface area contributed by atoms with Gasteiger partial charge >= 0.3 is 0 Å². The Hall–Kier alpha value is -7.60. The van der Waals surface area contributed by atoms with Crippen molar-refractivity contribution in [1.29, 1.82) is 0 Å². The van der Waals surface area contributed by atoms with Crippen LogP contribution in [-0.2, 0) is 0 Å². The molecule has 0 saturated carbocycles. The van der Waals surface area contributed by atoms with Gasteiger partial charge in [-0.05, 0) is 58.3 Å². The average molecular weight is 767 g/mol. The molecular weight excluding hydrogens is 737 g/mol. The molecule has 13 aromatic rings. The second kappa shape index (κ2) is 11.5. The summed E-state index contributed by atoms with van der Waals surface area (Å²) >= 11 is 1.84. The van der Waals surface area contributed by atoms with E-state index < -0.39 is 0 Å². The van der Waals surface area contributed by atoms with E-state index >= 15 is 0 Å². The number of fused-ring (bicyclic) bond motifs is 18. The molecule has 14 rings (SSSR count). The van der Waals surface area contributed by atoms with Crippen molar-refractivity contribution in [2.24, 2.45) is 0 Å². The van der Waals surface area contributed by atoms with Gasteiger partial charge in [-0.3, -0.25) is 4.57 Å². The summed E-state index contributed by atoms with van der Waals surface area (Å²) in [6.07, 6.45) is 0. The first-order valence-electron chi connectivity index (χ1n) is 20.1. The molecule has 0 radical (unpaired) electrons. The molecule has 272 valence electrons. The van der Waals surface area contributed by atoms with Gasteiger partial charge < -0.3 is 4.57 Å². The number of thiophene rings is 1. The van der Waals surface area contributed by atoms with Gasteiger partial charge in [-0.1, -0.05) is 146 Å². The standard InChI is InChI=1S/C54H30N4S/c1-2-15-32-31(14-1)28-29-42-48(32)51(40-23-13-22-38-36-19-8-12-27-47(36)59-53(38)40)56-54(55-42)58-45-26-11-7-21-39(45)49-46(58)30-41-35-18-6-10-25-44(35)57-43-24-9-5-17-34(43)33-16-3-4-20-37(33)50(49)52(41)57/h1-30H. The van der Waals surface area contributed by atoms with E-state index in [2.05, 4.69) is 191 Å². The summed E-state index contributed by atoms with van der Waals surface area (Å²) in [4.78, 5) is 11.3. The minimum Gasteiger partial charge on any atom is -0.308 e. The van der Waals surface area contributed by atoms with E-state index in [4.69, 9.17) is 9.97 Å². The van der Waals surface area contributed by atoms with Crippen LogP contribution in [0.15, 0.2) is 182 Å². The summed E-state index contributed by atoms with van der Waals surface area (Å²) in [5.41, 5.74) is 13.7. The molecular formula is C54H30N4S. The lowest BCUT2D eigenvalue weighted by Gasteiger charge is -2.15. The predicted molar refractivity (Wildman–Crippen MR) is 248 cm³/mol. The van der Waals surface area contributed by atoms with E-state index in [0.717, 1.165) is 38.6 Å². The molecule has 0 unspecified atom stereocenters. The summed E-state index contributed by atoms with van der Waals surface area (Å²) < 4.78 is 7.34. The van der Waals surface area contributed by atoms with Crippen LogP contribution in [-0.4, -0.2) is 19.1 Å². The Labute approximate surface area is 341 Å². The first-order valence-corrected chi connectivity index (χ1v) is 20.9. The minimum absolute atomic E-state index is 0.660. The van der Waals surface area contributed by atoms with E-state index in [1.54, 1.807) is 0 Å². The second-order valence-corrected chi connectivity index (χ2v) is 16.7. The molecule has 4 aromatic heterocycles. The van der Waals surface area contributed by atoms with Crippen molar-refractivity contribution in [2.45, 2.75) is 0 Å². The monoisotopic (exact) mass is 766 g/mol. The SMILES string of the molecule is c1ccc2c(c1)-c1ccccc1-n1c3ccccc3c3cc4c(c-2c31)c1ccccc1n4-c1nc(-c2cccc3c2sc2ccccc23)c2c(ccc3ccccc32)n1. The third-order valence-electron chi connectivity index (χ3n) is 12.7. The molecule has 0 spiro atoms. The van der Waals surface area contributed by atoms with Gasteiger partial charge in [0.15, 0.2) is 0 Å². The van der Waals surface area contributed by atoms with Crippen LogP contribution in [0, 0.1) is 0 Å². The third-order valence-corrected chi connectivity index (χ3v) is 13.9. The molecule has 4 nitrogen and oxygen atoms in total. The lowest BCUT2D eigenvalue weighted by molar-refractivity contribution is 1.02. The first kappa shape index (κ1) is 31.5. The first-order chi connectivity index (χ1) is 29.3. The van der Waals surface area contributed by atoms with Gasteiger partial charge in [-0.15, -0.1) is 11.3 Å². The number of hydrogen-bond acceptors (Lipinski definition) is 3. The molecule has 0 aliphatic carbocycles. The number of nitrogens with zero attached hydrogens (tertiary/aromatic N) is 4. The van der Waals surface area contributed by atoms with Crippen molar-refractivity contribution in [3.63, 3.8) is 0 Å². The van der Waals surface area contributed by atoms with Crippen molar-refractivity contribution in [1.82, 2.24) is 19.1 Å². The van der Waals surface area contributed by atoms with Crippen molar-refractivity contribution >= 4 is 96.8 Å². The van der Waals surface area contributed by atoms with E-state index in [1.165, 1.54) is 86.1 Å². The van der Waals surface area contributed by atoms with Gasteiger partial charge in [0, 0.05) is 63.8 Å². The zero-order valence-electron chi connectivity index (χ0n) is 31.5. The van der Waals surface area contributed by atoms with Crippen LogP contribution in [0.1, 0.15) is 0 Å². The van der Waals surface area contributed by atoms with Gasteiger partial charge in [0.1, 0.15) is 0 Å². The predicted octanol–water partition coefficient (Wildman–Crippen LogP) is 14.7. The van der Waals surface area contributed by atoms with Crippen molar-refractivity contribution < 1.29 is 0 Å². The number of rotatable bonds is 2. The van der Waals surface area contributed by atoms with Gasteiger partial charge in [0.25, 0.3) is 0 Å². The third kappa shape index (κ3) is 4.11. The Morgan fingerprint density at radius 3 is 1.95 bits per heavy atom. The van der Waals surface area contributed by atoms with Crippen molar-refractivity contribution in [3.8, 4) is 45.1 Å². The van der Waals surface area contributed by atoms with Gasteiger partial charge in [-0.25, -0.2) is 9.97 Å². The Balaban J connectivity index is 1.18. The number of para-hydroxylation sites is 3. The Morgan fingerprint density at radius 1 is 0.407 bits per heavy atom. The van der Waals surface area contributed by atoms with Crippen molar-refractivity contribution in [2.75, 3.05) is 0 Å². The average Bonchev–Trinajstić information content (AvgIpc) is 3.93. The zero-order valence-corrected chi connectivity index (χ0v) is 32.3. The lowest BCUT2D eigenvalue weighted by Crippen LogP contribution is -2.04. The fourth-order valence-electron chi connectivity index (χ4n) is 10.3. The molecule has 9 aromatic carbocycles. The van der Waals surface area contributed by atoms with Gasteiger partial charge in [0.05, 0.1) is 39.0 Å². The maximum absolute atomic E-state index is 5.75. The number of aromatic nitrogens is 4. The zero-order chi connectivity index (χ0) is 38.3. The van der Waals surface area contributed by atoms with E-state index in [1.807, 2.05) is 11.3 Å². The second-order valence-electron chi connectivity index (χ2n) is 15.6. The molecule has 5 heteroatoms. The summed E-state index contributed by atoms with van der Waals surface area (Å²) in [6.45, 7) is 0. The molecule has 0 atom stereocenters. The normalized spacial score (nSPS) is 12.4. The summed E-state index contributed by atoms with van der Waals surface area (Å²) in [5.74, 6) is 0.660. The van der Waals surface area contributed by atoms with Crippen LogP contribution in [0.3, 0.4) is 0 Å². The highest BCUT2D eigenvalue weighted by molar-refractivity contribution is 7.26. The highest BCUT2D eigenvalue weighted by Gasteiger charge is 2.29. The van der Waals surface area contributed by atoms with Gasteiger partial charge in [0.2, 0.25) is 5.95 Å². The fraction of sp³-hybridized carbons (Fsp3) is 0. The Morgan fingerprint density at radius 2 is 1.07 bits per heavy atom. The molecule has 0 bridgehead atoms. The quantitative estimate of drug-likeness (QED) is 0.164. The van der Waals surface area contributed by atoms with Crippen LogP contribution in [0.5, 0.6) is 0 Å². The Bertz CT molecular complexity index is 3980. The van der Waals surface area contributed by atoms with E-state index in [9.17, 15) is 0 Å². The summed E-state index contributed by atoms with van der Waals surface area (Å²) in [6, 6.07) is 66.3. The van der Waals surface area contributed by atoms with Crippen LogP contribution < -0.4 is 0 Å². The van der Waals surface area contributed by atoms with Crippen LogP contribution in [0.25, 0.3) is 131 Å². The van der Waals surface area contributed by atoms with Crippen molar-refractivity contribution in [3.05, 3.63) is 182 Å². The Kier molecular flexibility index (Phi) is 6.14. The van der Waals surface area contributed by atoms with Crippen LogP contribution in [0.4, 0.5) is 0 Å². The molecule has 1 aliphatic rings. The highest BCUT2D eigenvalue weighted by Crippen LogP contribution is 2.52. The summed E-state index contributed by atoms with van der Waals surface area (Å²) in [5, 5.41) is 10.7.